The molecule has 0 aliphatic carbocycles. The van der Waals surface area contributed by atoms with Crippen molar-refractivity contribution in [2.24, 2.45) is 5.73 Å². The molecule has 0 fully saturated rings. The Kier molecular flexibility index (Phi) is 6.19. The molecule has 0 aromatic heterocycles. The molecule has 2 rings (SSSR count). The van der Waals surface area contributed by atoms with Gasteiger partial charge in [0.05, 0.1) is 0 Å². The molecule has 0 saturated heterocycles. The van der Waals surface area contributed by atoms with Crippen LogP contribution in [-0.2, 0) is 6.61 Å². The zero-order valence-corrected chi connectivity index (χ0v) is 14.9. The Morgan fingerprint density at radius 2 is 2.00 bits per heavy atom. The van der Waals surface area contributed by atoms with Crippen LogP contribution < -0.4 is 10.5 Å². The molecule has 2 aromatic carbocycles. The van der Waals surface area contributed by atoms with E-state index in [9.17, 15) is 4.79 Å². The van der Waals surface area contributed by atoms with Crippen molar-refractivity contribution in [3.05, 3.63) is 64.1 Å². The largest absolute Gasteiger partial charge is 0.489 e. The molecular weight excluding hydrogens is 356 g/mol. The van der Waals surface area contributed by atoms with Gasteiger partial charge in [-0.15, -0.1) is 0 Å². The number of rotatable bonds is 6. The van der Waals surface area contributed by atoms with Gasteiger partial charge < -0.3 is 15.4 Å². The quantitative estimate of drug-likeness (QED) is 0.839. The first-order chi connectivity index (χ1) is 11.0. The predicted molar refractivity (Wildman–Crippen MR) is 95.5 cm³/mol. The Balaban J connectivity index is 2.08. The highest BCUT2D eigenvalue weighted by Gasteiger charge is 2.16. The number of ether oxygens (including phenoxy) is 1. The topological polar surface area (TPSA) is 55.6 Å². The molecule has 2 N–H and O–H groups in total. The predicted octanol–water partition coefficient (Wildman–Crippen LogP) is 3.45. The van der Waals surface area contributed by atoms with Crippen LogP contribution in [0.25, 0.3) is 0 Å². The summed E-state index contributed by atoms with van der Waals surface area (Å²) in [6, 6.07) is 15.1. The third-order valence-corrected chi connectivity index (χ3v) is 4.53. The van der Waals surface area contributed by atoms with E-state index < -0.39 is 0 Å². The molecule has 1 atom stereocenters. The summed E-state index contributed by atoms with van der Waals surface area (Å²) < 4.78 is 6.81. The smallest absolute Gasteiger partial charge is 0.254 e. The van der Waals surface area contributed by atoms with Crippen LogP contribution in [0.3, 0.4) is 0 Å². The van der Waals surface area contributed by atoms with E-state index >= 15 is 0 Å². The monoisotopic (exact) mass is 376 g/mol. The molecule has 0 heterocycles. The fraction of sp³-hybridized carbons (Fsp3) is 0.278. The van der Waals surface area contributed by atoms with Crippen molar-refractivity contribution in [3.8, 4) is 5.75 Å². The van der Waals surface area contributed by atoms with Crippen LogP contribution in [0.2, 0.25) is 0 Å². The van der Waals surface area contributed by atoms with Gasteiger partial charge in [-0.2, -0.15) is 0 Å². The lowest BCUT2D eigenvalue weighted by molar-refractivity contribution is 0.0748. The van der Waals surface area contributed by atoms with Gasteiger partial charge in [0.15, 0.2) is 0 Å². The maximum absolute atomic E-state index is 12.4. The van der Waals surface area contributed by atoms with Crippen molar-refractivity contribution < 1.29 is 9.53 Å². The highest BCUT2D eigenvalue weighted by atomic mass is 79.9. The van der Waals surface area contributed by atoms with E-state index in [1.165, 1.54) is 0 Å². The fourth-order valence-electron chi connectivity index (χ4n) is 2.06. The van der Waals surface area contributed by atoms with Crippen LogP contribution in [0.4, 0.5) is 0 Å². The van der Waals surface area contributed by atoms with E-state index in [0.29, 0.717) is 24.5 Å². The SMILES string of the molecule is CC(CN)N(C)C(=O)c1cccc(OCc2ccccc2Br)c1. The maximum atomic E-state index is 12.4. The lowest BCUT2D eigenvalue weighted by Crippen LogP contribution is -2.39. The Labute approximate surface area is 145 Å². The number of hydrogen-bond acceptors (Lipinski definition) is 3. The standard InChI is InChI=1S/C18H21BrN2O2/c1-13(11-20)21(2)18(22)14-7-5-8-16(10-14)23-12-15-6-3-4-9-17(15)19/h3-10,13H,11-12,20H2,1-2H3. The Bertz CT molecular complexity index is 676. The van der Waals surface area contributed by atoms with Gasteiger partial charge in [-0.1, -0.05) is 40.2 Å². The number of carbonyl (C=O) groups excluding carboxylic acids is 1. The number of benzene rings is 2. The molecule has 0 radical (unpaired) electrons. The molecule has 0 saturated carbocycles. The van der Waals surface area contributed by atoms with Gasteiger partial charge in [-0.05, 0) is 31.2 Å². The number of nitrogens with zero attached hydrogens (tertiary/aromatic N) is 1. The number of hydrogen-bond donors (Lipinski definition) is 1. The summed E-state index contributed by atoms with van der Waals surface area (Å²) in [4.78, 5) is 14.1. The van der Waals surface area contributed by atoms with Crippen molar-refractivity contribution in [2.75, 3.05) is 13.6 Å². The summed E-state index contributed by atoms with van der Waals surface area (Å²) in [6.45, 7) is 2.79. The zero-order valence-electron chi connectivity index (χ0n) is 13.3. The minimum absolute atomic E-state index is 0.00708. The number of likely N-dealkylation sites (N-methyl/N-ethyl adjacent to an activating group) is 1. The Hall–Kier alpha value is -1.85. The number of halogens is 1. The normalized spacial score (nSPS) is 11.8. The summed E-state index contributed by atoms with van der Waals surface area (Å²) in [5, 5.41) is 0. The Morgan fingerprint density at radius 3 is 2.70 bits per heavy atom. The third-order valence-electron chi connectivity index (χ3n) is 3.76. The lowest BCUT2D eigenvalue weighted by Gasteiger charge is -2.23. The molecule has 4 nitrogen and oxygen atoms in total. The number of nitrogens with two attached hydrogens (primary N) is 1. The van der Waals surface area contributed by atoms with E-state index in [0.717, 1.165) is 10.0 Å². The molecule has 0 aliphatic heterocycles. The van der Waals surface area contributed by atoms with Crippen molar-refractivity contribution in [1.29, 1.82) is 0 Å². The third kappa shape index (κ3) is 4.56. The second-order valence-electron chi connectivity index (χ2n) is 5.41. The van der Waals surface area contributed by atoms with Crippen LogP contribution in [0.5, 0.6) is 5.75 Å². The molecule has 0 spiro atoms. The van der Waals surface area contributed by atoms with Crippen molar-refractivity contribution in [1.82, 2.24) is 4.90 Å². The summed E-state index contributed by atoms with van der Waals surface area (Å²) in [5.41, 5.74) is 7.27. The van der Waals surface area contributed by atoms with Crippen LogP contribution >= 0.6 is 15.9 Å². The molecule has 0 bridgehead atoms. The van der Waals surface area contributed by atoms with Crippen LogP contribution in [0, 0.1) is 0 Å². The molecule has 5 heteroatoms. The van der Waals surface area contributed by atoms with Crippen LogP contribution in [-0.4, -0.2) is 30.4 Å². The summed E-state index contributed by atoms with van der Waals surface area (Å²) >= 11 is 3.50. The summed E-state index contributed by atoms with van der Waals surface area (Å²) in [7, 11) is 1.76. The number of carbonyl (C=O) groups is 1. The second kappa shape index (κ2) is 8.13. The van der Waals surface area contributed by atoms with Crippen molar-refractivity contribution in [2.45, 2.75) is 19.6 Å². The first-order valence-corrected chi connectivity index (χ1v) is 8.25. The fourth-order valence-corrected chi connectivity index (χ4v) is 2.46. The summed E-state index contributed by atoms with van der Waals surface area (Å²) in [5.74, 6) is 0.606. The van der Waals surface area contributed by atoms with Crippen molar-refractivity contribution in [3.63, 3.8) is 0 Å². The van der Waals surface area contributed by atoms with E-state index in [1.54, 1.807) is 24.1 Å². The first kappa shape index (κ1) is 17.5. The highest BCUT2D eigenvalue weighted by molar-refractivity contribution is 9.10. The minimum atomic E-state index is -0.0608. The minimum Gasteiger partial charge on any atom is -0.489 e. The van der Waals surface area contributed by atoms with Crippen molar-refractivity contribution >= 4 is 21.8 Å². The van der Waals surface area contributed by atoms with Gasteiger partial charge in [-0.3, -0.25) is 4.79 Å². The molecule has 2 aromatic rings. The first-order valence-electron chi connectivity index (χ1n) is 7.46. The van der Waals surface area contributed by atoms with Gasteiger partial charge in [0, 0.05) is 35.2 Å². The number of amides is 1. The second-order valence-corrected chi connectivity index (χ2v) is 6.26. The van der Waals surface area contributed by atoms with Crippen LogP contribution in [0.1, 0.15) is 22.8 Å². The molecular formula is C18H21BrN2O2. The van der Waals surface area contributed by atoms with Gasteiger partial charge in [-0.25, -0.2) is 0 Å². The van der Waals surface area contributed by atoms with Gasteiger partial charge in [0.25, 0.3) is 5.91 Å². The lowest BCUT2D eigenvalue weighted by atomic mass is 10.1. The highest BCUT2D eigenvalue weighted by Crippen LogP contribution is 2.20. The van der Waals surface area contributed by atoms with E-state index in [4.69, 9.17) is 10.5 Å². The Morgan fingerprint density at radius 1 is 1.26 bits per heavy atom. The molecule has 0 aliphatic rings. The molecule has 23 heavy (non-hydrogen) atoms. The average Bonchev–Trinajstić information content (AvgIpc) is 2.59. The average molecular weight is 377 g/mol. The van der Waals surface area contributed by atoms with Gasteiger partial charge >= 0.3 is 0 Å². The molecule has 122 valence electrons. The van der Waals surface area contributed by atoms with Crippen LogP contribution in [0.15, 0.2) is 53.0 Å². The van der Waals surface area contributed by atoms with Gasteiger partial charge in [0.2, 0.25) is 0 Å². The zero-order chi connectivity index (χ0) is 16.8. The molecule has 1 unspecified atom stereocenters. The van der Waals surface area contributed by atoms with E-state index in [-0.39, 0.29) is 11.9 Å². The van der Waals surface area contributed by atoms with Gasteiger partial charge in [0.1, 0.15) is 12.4 Å². The van der Waals surface area contributed by atoms with E-state index in [2.05, 4.69) is 15.9 Å². The molecule has 1 amide bonds. The summed E-state index contributed by atoms with van der Waals surface area (Å²) in [6.07, 6.45) is 0. The maximum Gasteiger partial charge on any atom is 0.254 e. The van der Waals surface area contributed by atoms with E-state index in [1.807, 2.05) is 43.3 Å².